The molecule has 0 saturated heterocycles. The molecule has 1 aliphatic rings. The zero-order chi connectivity index (χ0) is 16.4. The summed E-state index contributed by atoms with van der Waals surface area (Å²) in [5.74, 6) is 2.01. The van der Waals surface area contributed by atoms with Gasteiger partial charge in [0.05, 0.1) is 11.0 Å². The number of H-pyrrole nitrogens is 1. The van der Waals surface area contributed by atoms with Crippen molar-refractivity contribution < 1.29 is 4.79 Å². The first-order valence-corrected chi connectivity index (χ1v) is 9.27. The fraction of sp³-hybridized carbons (Fsp3) is 0.263. The van der Waals surface area contributed by atoms with Gasteiger partial charge in [-0.25, -0.2) is 4.98 Å². The SMILES string of the molecule is O=C(NCCc1nc2ccccc2[nH]1)C1SCCc2ccccc21. The minimum Gasteiger partial charge on any atom is -0.354 e. The second-order valence-corrected chi connectivity index (χ2v) is 7.15. The number of thioether (sulfide) groups is 1. The minimum atomic E-state index is -0.0920. The lowest BCUT2D eigenvalue weighted by molar-refractivity contribution is -0.120. The van der Waals surface area contributed by atoms with Gasteiger partial charge in [-0.1, -0.05) is 36.4 Å². The lowest BCUT2D eigenvalue weighted by atomic mass is 10.0. The van der Waals surface area contributed by atoms with E-state index < -0.39 is 0 Å². The van der Waals surface area contributed by atoms with Gasteiger partial charge < -0.3 is 10.3 Å². The van der Waals surface area contributed by atoms with Crippen LogP contribution in [0.2, 0.25) is 0 Å². The monoisotopic (exact) mass is 337 g/mol. The van der Waals surface area contributed by atoms with E-state index in [9.17, 15) is 4.79 Å². The quantitative estimate of drug-likeness (QED) is 0.768. The molecule has 0 saturated carbocycles. The number of amides is 1. The summed E-state index contributed by atoms with van der Waals surface area (Å²) >= 11 is 1.73. The van der Waals surface area contributed by atoms with Crippen LogP contribution in [0.4, 0.5) is 0 Å². The van der Waals surface area contributed by atoms with Gasteiger partial charge >= 0.3 is 0 Å². The molecule has 1 unspecified atom stereocenters. The Balaban J connectivity index is 1.39. The molecule has 0 aliphatic carbocycles. The molecule has 0 bridgehead atoms. The summed E-state index contributed by atoms with van der Waals surface area (Å²) < 4.78 is 0. The second kappa shape index (κ2) is 6.69. The third kappa shape index (κ3) is 3.04. The standard InChI is InChI=1S/C19H19N3OS/c23-19(18-14-6-2-1-5-13(14)10-12-24-18)20-11-9-17-21-15-7-3-4-8-16(15)22-17/h1-8,18H,9-12H2,(H,20,23)(H,21,22). The van der Waals surface area contributed by atoms with E-state index in [0.29, 0.717) is 13.0 Å². The van der Waals surface area contributed by atoms with Crippen molar-refractivity contribution in [2.45, 2.75) is 18.1 Å². The van der Waals surface area contributed by atoms with Crippen molar-refractivity contribution in [1.29, 1.82) is 0 Å². The van der Waals surface area contributed by atoms with Crippen LogP contribution < -0.4 is 5.32 Å². The third-order valence-electron chi connectivity index (χ3n) is 4.33. The Hall–Kier alpha value is -2.27. The number of aryl methyl sites for hydroxylation is 1. The summed E-state index contributed by atoms with van der Waals surface area (Å²) in [5, 5.41) is 2.97. The number of nitrogens with one attached hydrogen (secondary N) is 2. The van der Waals surface area contributed by atoms with Crippen LogP contribution >= 0.6 is 11.8 Å². The van der Waals surface area contributed by atoms with Gasteiger partial charge in [-0.3, -0.25) is 4.79 Å². The topological polar surface area (TPSA) is 57.8 Å². The van der Waals surface area contributed by atoms with E-state index in [0.717, 1.165) is 34.6 Å². The number of carbonyl (C=O) groups is 1. The average Bonchev–Trinajstić information content (AvgIpc) is 3.04. The summed E-state index contributed by atoms with van der Waals surface area (Å²) in [5.41, 5.74) is 4.47. The maximum Gasteiger partial charge on any atom is 0.237 e. The molecule has 2 heterocycles. The third-order valence-corrected chi connectivity index (χ3v) is 5.57. The lowest BCUT2D eigenvalue weighted by Gasteiger charge is -2.24. The first-order chi connectivity index (χ1) is 11.8. The Kier molecular flexibility index (Phi) is 4.26. The van der Waals surface area contributed by atoms with Gasteiger partial charge in [0.2, 0.25) is 5.91 Å². The Labute approximate surface area is 145 Å². The van der Waals surface area contributed by atoms with Gasteiger partial charge in [0, 0.05) is 13.0 Å². The molecule has 4 rings (SSSR count). The average molecular weight is 337 g/mol. The summed E-state index contributed by atoms with van der Waals surface area (Å²) in [6.07, 6.45) is 1.75. The van der Waals surface area contributed by atoms with Crippen molar-refractivity contribution in [3.8, 4) is 0 Å². The number of para-hydroxylation sites is 2. The van der Waals surface area contributed by atoms with E-state index in [1.54, 1.807) is 11.8 Å². The maximum atomic E-state index is 12.6. The molecule has 4 nitrogen and oxygen atoms in total. The molecule has 3 aromatic rings. The molecule has 5 heteroatoms. The zero-order valence-corrected chi connectivity index (χ0v) is 14.1. The smallest absolute Gasteiger partial charge is 0.237 e. The van der Waals surface area contributed by atoms with Gasteiger partial charge in [-0.15, -0.1) is 11.8 Å². The Morgan fingerprint density at radius 1 is 1.21 bits per heavy atom. The number of benzene rings is 2. The van der Waals surface area contributed by atoms with E-state index in [2.05, 4.69) is 27.4 Å². The predicted octanol–water partition coefficient (Wildman–Crippen LogP) is 3.25. The Morgan fingerprint density at radius 3 is 2.96 bits per heavy atom. The van der Waals surface area contributed by atoms with Crippen LogP contribution in [0.1, 0.15) is 22.2 Å². The molecule has 1 atom stereocenters. The summed E-state index contributed by atoms with van der Waals surface area (Å²) in [6.45, 7) is 0.595. The van der Waals surface area contributed by atoms with Gasteiger partial charge in [-0.2, -0.15) is 0 Å². The van der Waals surface area contributed by atoms with E-state index >= 15 is 0 Å². The highest BCUT2D eigenvalue weighted by Gasteiger charge is 2.26. The maximum absolute atomic E-state index is 12.6. The molecule has 0 radical (unpaired) electrons. The number of fused-ring (bicyclic) bond motifs is 2. The number of imidazole rings is 1. The molecule has 2 N–H and O–H groups in total. The van der Waals surface area contributed by atoms with E-state index in [1.165, 1.54) is 5.56 Å². The number of carbonyl (C=O) groups excluding carboxylic acids is 1. The molecular formula is C19H19N3OS. The Bertz CT molecular complexity index is 841. The van der Waals surface area contributed by atoms with Gasteiger partial charge in [0.15, 0.2) is 0 Å². The van der Waals surface area contributed by atoms with E-state index in [1.807, 2.05) is 36.4 Å². The normalized spacial score (nSPS) is 16.8. The van der Waals surface area contributed by atoms with Crippen LogP contribution in [-0.4, -0.2) is 28.2 Å². The van der Waals surface area contributed by atoms with Crippen LogP contribution in [0.5, 0.6) is 0 Å². The molecule has 1 aliphatic heterocycles. The van der Waals surface area contributed by atoms with Gasteiger partial charge in [0.25, 0.3) is 0 Å². The van der Waals surface area contributed by atoms with Crippen molar-refractivity contribution in [1.82, 2.24) is 15.3 Å². The van der Waals surface area contributed by atoms with Crippen LogP contribution in [0.25, 0.3) is 11.0 Å². The van der Waals surface area contributed by atoms with Crippen LogP contribution in [0.3, 0.4) is 0 Å². The molecule has 2 aromatic carbocycles. The second-order valence-electron chi connectivity index (χ2n) is 5.94. The molecule has 0 spiro atoms. The molecule has 1 aromatic heterocycles. The van der Waals surface area contributed by atoms with Crippen LogP contribution in [0, 0.1) is 0 Å². The number of hydrogen-bond donors (Lipinski definition) is 2. The lowest BCUT2D eigenvalue weighted by Crippen LogP contribution is -2.31. The molecular weight excluding hydrogens is 318 g/mol. The largest absolute Gasteiger partial charge is 0.354 e. The fourth-order valence-electron chi connectivity index (χ4n) is 3.13. The van der Waals surface area contributed by atoms with Crippen molar-refractivity contribution >= 4 is 28.7 Å². The number of nitrogens with zero attached hydrogens (tertiary/aromatic N) is 1. The summed E-state index contributed by atoms with van der Waals surface area (Å²) in [4.78, 5) is 20.4. The highest BCUT2D eigenvalue weighted by atomic mass is 32.2. The van der Waals surface area contributed by atoms with Crippen LogP contribution in [-0.2, 0) is 17.6 Å². The summed E-state index contributed by atoms with van der Waals surface area (Å²) in [6, 6.07) is 16.2. The summed E-state index contributed by atoms with van der Waals surface area (Å²) in [7, 11) is 0. The Morgan fingerprint density at radius 2 is 2.04 bits per heavy atom. The number of aromatic nitrogens is 2. The highest BCUT2D eigenvalue weighted by molar-refractivity contribution is 8.00. The number of hydrogen-bond acceptors (Lipinski definition) is 3. The van der Waals surface area contributed by atoms with E-state index in [-0.39, 0.29) is 11.2 Å². The van der Waals surface area contributed by atoms with E-state index in [4.69, 9.17) is 0 Å². The van der Waals surface area contributed by atoms with Crippen LogP contribution in [0.15, 0.2) is 48.5 Å². The highest BCUT2D eigenvalue weighted by Crippen LogP contribution is 2.36. The fourth-order valence-corrected chi connectivity index (χ4v) is 4.35. The molecule has 122 valence electrons. The number of aromatic amines is 1. The predicted molar refractivity (Wildman–Crippen MR) is 98.2 cm³/mol. The molecule has 24 heavy (non-hydrogen) atoms. The van der Waals surface area contributed by atoms with Crippen molar-refractivity contribution in [3.63, 3.8) is 0 Å². The first-order valence-electron chi connectivity index (χ1n) is 8.22. The molecule has 1 amide bonds. The molecule has 0 fully saturated rings. The van der Waals surface area contributed by atoms with Gasteiger partial charge in [-0.05, 0) is 35.4 Å². The van der Waals surface area contributed by atoms with Gasteiger partial charge in [0.1, 0.15) is 11.1 Å². The number of rotatable bonds is 4. The first kappa shape index (κ1) is 15.3. The minimum absolute atomic E-state index is 0.0920. The van der Waals surface area contributed by atoms with Crippen molar-refractivity contribution in [3.05, 3.63) is 65.5 Å². The zero-order valence-electron chi connectivity index (χ0n) is 13.3. The van der Waals surface area contributed by atoms with Crippen molar-refractivity contribution in [2.24, 2.45) is 0 Å². The van der Waals surface area contributed by atoms with Crippen molar-refractivity contribution in [2.75, 3.05) is 12.3 Å².